The van der Waals surface area contributed by atoms with Crippen LogP contribution in [0, 0.1) is 16.5 Å². The normalized spacial score (nSPS) is 11.4. The third kappa shape index (κ3) is 4.28. The topological polar surface area (TPSA) is 101 Å². The van der Waals surface area contributed by atoms with Gasteiger partial charge in [-0.3, -0.25) is 4.55 Å². The first-order valence-corrected chi connectivity index (χ1v) is 10.6. The van der Waals surface area contributed by atoms with Crippen molar-refractivity contribution in [2.24, 2.45) is 0 Å². The molecule has 0 aromatic heterocycles. The van der Waals surface area contributed by atoms with Crippen molar-refractivity contribution >= 4 is 83.9 Å². The average molecular weight is 690 g/mol. The number of carbonyl (C=O) groups excluding carboxylic acids is 1. The molecule has 0 atom stereocenters. The Morgan fingerprint density at radius 3 is 2.33 bits per heavy atom. The van der Waals surface area contributed by atoms with Gasteiger partial charge in [-0.25, -0.2) is 9.18 Å². The van der Waals surface area contributed by atoms with Crippen LogP contribution < -0.4 is 4.74 Å². The van der Waals surface area contributed by atoms with Crippen molar-refractivity contribution in [1.82, 2.24) is 0 Å². The molecule has 2 N–H and O–H groups in total. The molecule has 0 aliphatic heterocycles. The van der Waals surface area contributed by atoms with E-state index in [1.165, 1.54) is 6.07 Å². The van der Waals surface area contributed by atoms with Gasteiger partial charge in [-0.1, -0.05) is 0 Å². The van der Waals surface area contributed by atoms with Crippen LogP contribution in [-0.2, 0) is 10.1 Å². The summed E-state index contributed by atoms with van der Waals surface area (Å²) in [6, 6.07) is 4.18. The van der Waals surface area contributed by atoms with Crippen molar-refractivity contribution in [3.05, 3.63) is 46.4 Å². The van der Waals surface area contributed by atoms with Gasteiger partial charge in [0.05, 0.1) is 7.14 Å². The van der Waals surface area contributed by atoms with Gasteiger partial charge in [-0.15, -0.1) is 0 Å². The van der Waals surface area contributed by atoms with E-state index in [4.69, 9.17) is 4.74 Å². The second-order valence-corrected chi connectivity index (χ2v) is 9.10. The average Bonchev–Trinajstić information content (AvgIpc) is 2.44. The molecule has 128 valence electrons. The number of rotatable bonds is 3. The summed E-state index contributed by atoms with van der Waals surface area (Å²) in [5.41, 5.74) is -0.409. The Kier molecular flexibility index (Phi) is 6.31. The maximum atomic E-state index is 13.2. The Labute approximate surface area is 177 Å². The molecule has 0 unspecified atom stereocenters. The highest BCUT2D eigenvalue weighted by Crippen LogP contribution is 2.36. The minimum absolute atomic E-state index is 0.00403. The fourth-order valence-electron chi connectivity index (χ4n) is 1.70. The predicted octanol–water partition coefficient (Wildman–Crippen LogP) is 3.81. The van der Waals surface area contributed by atoms with Crippen LogP contribution in [0.25, 0.3) is 0 Å². The van der Waals surface area contributed by atoms with Crippen LogP contribution in [0.4, 0.5) is 4.39 Å². The molecule has 0 heterocycles. The number of esters is 1. The third-order valence-corrected chi connectivity index (χ3v) is 7.07. The lowest BCUT2D eigenvalue weighted by molar-refractivity contribution is 0.0727. The highest BCUT2D eigenvalue weighted by Gasteiger charge is 2.26. The summed E-state index contributed by atoms with van der Waals surface area (Å²) < 4.78 is 51.4. The number of hydrogen-bond donors (Lipinski definition) is 2. The summed E-state index contributed by atoms with van der Waals surface area (Å²) in [4.78, 5) is 11.8. The summed E-state index contributed by atoms with van der Waals surface area (Å²) in [5.74, 6) is -2.40. The molecule has 6 nitrogen and oxygen atoms in total. The van der Waals surface area contributed by atoms with Gasteiger partial charge >= 0.3 is 5.97 Å². The maximum absolute atomic E-state index is 13.2. The number of aromatic hydroxyl groups is 1. The van der Waals surface area contributed by atoms with E-state index in [1.54, 1.807) is 45.2 Å². The van der Waals surface area contributed by atoms with E-state index in [2.05, 4.69) is 0 Å². The lowest BCUT2D eigenvalue weighted by Gasteiger charge is -2.13. The van der Waals surface area contributed by atoms with Gasteiger partial charge in [-0.2, -0.15) is 8.42 Å². The number of phenolic OH excluding ortho intramolecular Hbond substituents is 1. The number of carbonyl (C=O) groups is 1. The maximum Gasteiger partial charge on any atom is 0.347 e. The standard InChI is InChI=1S/C13H6FI3O6S/c14-5-1-2-9(18)6(3-5)13(19)23-11-7(15)4-8(16)12(10(11)17)24(20,21)22/h1-4,18H,(H,20,21,22). The summed E-state index contributed by atoms with van der Waals surface area (Å²) in [5, 5.41) is 9.64. The van der Waals surface area contributed by atoms with Crippen molar-refractivity contribution in [3.63, 3.8) is 0 Å². The van der Waals surface area contributed by atoms with Crippen LogP contribution >= 0.6 is 67.8 Å². The minimum Gasteiger partial charge on any atom is -0.507 e. The van der Waals surface area contributed by atoms with E-state index in [9.17, 15) is 27.3 Å². The van der Waals surface area contributed by atoms with Gasteiger partial charge in [-0.05, 0) is 92.0 Å². The first-order chi connectivity index (χ1) is 11.0. The van der Waals surface area contributed by atoms with Crippen LogP contribution in [-0.4, -0.2) is 24.0 Å². The van der Waals surface area contributed by atoms with Crippen LogP contribution in [0.1, 0.15) is 10.4 Å². The summed E-state index contributed by atoms with van der Waals surface area (Å²) in [7, 11) is -4.54. The van der Waals surface area contributed by atoms with Gasteiger partial charge in [0.15, 0.2) is 5.75 Å². The van der Waals surface area contributed by atoms with Crippen LogP contribution in [0.5, 0.6) is 11.5 Å². The Bertz CT molecular complexity index is 945. The molecule has 0 spiro atoms. The molecule has 0 aliphatic carbocycles. The summed E-state index contributed by atoms with van der Waals surface area (Å²) in [6.07, 6.45) is 0. The first-order valence-electron chi connectivity index (χ1n) is 5.88. The van der Waals surface area contributed by atoms with E-state index in [-0.39, 0.29) is 12.9 Å². The van der Waals surface area contributed by atoms with Gasteiger partial charge in [0.25, 0.3) is 10.1 Å². The summed E-state index contributed by atoms with van der Waals surface area (Å²) in [6.45, 7) is 0. The number of hydrogen-bond acceptors (Lipinski definition) is 5. The fourth-order valence-corrected chi connectivity index (χ4v) is 7.59. The van der Waals surface area contributed by atoms with Crippen molar-refractivity contribution in [2.75, 3.05) is 0 Å². The van der Waals surface area contributed by atoms with Gasteiger partial charge in [0.2, 0.25) is 0 Å². The van der Waals surface area contributed by atoms with Gasteiger partial charge in [0.1, 0.15) is 22.0 Å². The SMILES string of the molecule is O=C(Oc1c(I)cc(I)c(S(=O)(=O)O)c1I)c1cc(F)ccc1O. The Morgan fingerprint density at radius 1 is 1.12 bits per heavy atom. The van der Waals surface area contributed by atoms with E-state index in [0.29, 0.717) is 3.57 Å². The van der Waals surface area contributed by atoms with E-state index < -0.39 is 38.1 Å². The molecule has 0 amide bonds. The third-order valence-electron chi connectivity index (χ3n) is 2.72. The highest BCUT2D eigenvalue weighted by atomic mass is 127. The second kappa shape index (κ2) is 7.55. The van der Waals surface area contributed by atoms with Crippen molar-refractivity contribution in [3.8, 4) is 11.5 Å². The molecule has 2 rings (SSSR count). The van der Waals surface area contributed by atoms with E-state index in [1.807, 2.05) is 22.6 Å². The second-order valence-electron chi connectivity index (χ2n) is 4.34. The Balaban J connectivity index is 2.54. The molecule has 0 saturated heterocycles. The van der Waals surface area contributed by atoms with E-state index >= 15 is 0 Å². The van der Waals surface area contributed by atoms with Crippen molar-refractivity contribution in [1.29, 1.82) is 0 Å². The van der Waals surface area contributed by atoms with Crippen LogP contribution in [0.15, 0.2) is 29.2 Å². The number of ether oxygens (including phenoxy) is 1. The molecule has 0 aliphatic rings. The fraction of sp³-hybridized carbons (Fsp3) is 0. The van der Waals surface area contributed by atoms with Crippen molar-refractivity contribution in [2.45, 2.75) is 4.90 Å². The van der Waals surface area contributed by atoms with Crippen LogP contribution in [0.3, 0.4) is 0 Å². The molecule has 0 saturated carbocycles. The Morgan fingerprint density at radius 2 is 1.75 bits per heavy atom. The minimum atomic E-state index is -4.54. The molecule has 0 bridgehead atoms. The molecule has 2 aromatic carbocycles. The number of benzene rings is 2. The zero-order valence-electron chi connectivity index (χ0n) is 11.3. The van der Waals surface area contributed by atoms with Gasteiger partial charge < -0.3 is 9.84 Å². The lowest BCUT2D eigenvalue weighted by Crippen LogP contribution is -2.13. The first kappa shape index (κ1) is 20.1. The highest BCUT2D eigenvalue weighted by molar-refractivity contribution is 14.1. The lowest BCUT2D eigenvalue weighted by atomic mass is 10.2. The quantitative estimate of drug-likeness (QED) is 0.220. The number of phenols is 1. The van der Waals surface area contributed by atoms with Gasteiger partial charge in [0, 0.05) is 3.57 Å². The Hall–Kier alpha value is -0.260. The van der Waals surface area contributed by atoms with E-state index in [0.717, 1.165) is 18.2 Å². The molecule has 0 fully saturated rings. The zero-order valence-corrected chi connectivity index (χ0v) is 18.5. The molecule has 24 heavy (non-hydrogen) atoms. The van der Waals surface area contributed by atoms with Crippen molar-refractivity contribution < 1.29 is 32.0 Å². The smallest absolute Gasteiger partial charge is 0.347 e. The largest absolute Gasteiger partial charge is 0.507 e. The summed E-state index contributed by atoms with van der Waals surface area (Å²) >= 11 is 5.18. The molecule has 11 heteroatoms. The number of halogens is 4. The molecular weight excluding hydrogens is 684 g/mol. The zero-order chi connectivity index (χ0) is 18.2. The molecule has 2 aromatic rings. The molecular formula is C13H6FI3O6S. The van der Waals surface area contributed by atoms with Crippen LogP contribution in [0.2, 0.25) is 0 Å². The molecule has 0 radical (unpaired) electrons. The predicted molar refractivity (Wildman–Crippen MR) is 107 cm³/mol. The monoisotopic (exact) mass is 690 g/mol.